The first kappa shape index (κ1) is 17.0. The molecular formula is C21H34O3. The lowest BCUT2D eigenvalue weighted by atomic mass is 9.45. The summed E-state index contributed by atoms with van der Waals surface area (Å²) < 4.78 is 11.5. The highest BCUT2D eigenvalue weighted by Gasteiger charge is 2.61. The van der Waals surface area contributed by atoms with Crippen molar-refractivity contribution >= 4 is 6.29 Å². The monoisotopic (exact) mass is 334 g/mol. The molecule has 0 amide bonds. The number of rotatable bonds is 3. The van der Waals surface area contributed by atoms with E-state index in [4.69, 9.17) is 9.47 Å². The molecule has 3 unspecified atom stereocenters. The Labute approximate surface area is 146 Å². The molecule has 3 heteroatoms. The zero-order valence-electron chi connectivity index (χ0n) is 15.6. The van der Waals surface area contributed by atoms with Gasteiger partial charge in [-0.15, -0.1) is 0 Å². The molecule has 3 nitrogen and oxygen atoms in total. The van der Waals surface area contributed by atoms with Crippen LogP contribution >= 0.6 is 0 Å². The Morgan fingerprint density at radius 2 is 1.75 bits per heavy atom. The fourth-order valence-electron chi connectivity index (χ4n) is 7.69. The van der Waals surface area contributed by atoms with Gasteiger partial charge >= 0.3 is 0 Å². The number of carbonyl (C=O) groups is 1. The first-order chi connectivity index (χ1) is 11.6. The highest BCUT2D eigenvalue weighted by Crippen LogP contribution is 2.66. The number of aldehydes is 1. The Morgan fingerprint density at radius 1 is 0.917 bits per heavy atom. The van der Waals surface area contributed by atoms with Gasteiger partial charge in [0.25, 0.3) is 0 Å². The SMILES string of the molecule is COC1CC[C@@]2(C=O)C(CC[C@@H]3[C@H]2CC[C@]2(C)C(OC)CC[C@@H]32)C1. The quantitative estimate of drug-likeness (QED) is 0.724. The van der Waals surface area contributed by atoms with E-state index in [0.717, 1.165) is 31.1 Å². The zero-order valence-corrected chi connectivity index (χ0v) is 15.6. The van der Waals surface area contributed by atoms with Gasteiger partial charge < -0.3 is 14.3 Å². The van der Waals surface area contributed by atoms with Crippen LogP contribution in [-0.4, -0.2) is 32.7 Å². The first-order valence-corrected chi connectivity index (χ1v) is 10.1. The van der Waals surface area contributed by atoms with Crippen LogP contribution in [0.4, 0.5) is 0 Å². The van der Waals surface area contributed by atoms with Crippen molar-refractivity contribution in [2.75, 3.05) is 14.2 Å². The summed E-state index contributed by atoms with van der Waals surface area (Å²) in [5.41, 5.74) is 0.293. The van der Waals surface area contributed by atoms with E-state index in [1.807, 2.05) is 14.2 Å². The van der Waals surface area contributed by atoms with Crippen LogP contribution in [0.1, 0.15) is 64.7 Å². The van der Waals surface area contributed by atoms with Crippen molar-refractivity contribution in [1.82, 2.24) is 0 Å². The van der Waals surface area contributed by atoms with E-state index in [-0.39, 0.29) is 5.41 Å². The third-order valence-electron chi connectivity index (χ3n) is 8.93. The molecule has 0 aromatic carbocycles. The standard InChI is InChI=1S/C21H34O3/c1-20-10-9-18-16(17(20)6-7-19(20)24-3)5-4-14-12-15(23-2)8-11-21(14,18)13-22/h13-19H,4-12H2,1-3H3/t14?,15?,16-,17-,18+,19?,20-,21+/m0/s1. The van der Waals surface area contributed by atoms with Crippen molar-refractivity contribution < 1.29 is 14.3 Å². The molecule has 4 aliphatic carbocycles. The summed E-state index contributed by atoms with van der Waals surface area (Å²) in [6.45, 7) is 2.47. The summed E-state index contributed by atoms with van der Waals surface area (Å²) in [5, 5.41) is 0. The van der Waals surface area contributed by atoms with Gasteiger partial charge in [0.1, 0.15) is 6.29 Å². The molecule has 4 aliphatic rings. The van der Waals surface area contributed by atoms with Crippen molar-refractivity contribution in [2.24, 2.45) is 34.5 Å². The Kier molecular flexibility index (Phi) is 4.32. The van der Waals surface area contributed by atoms with E-state index >= 15 is 0 Å². The zero-order chi connectivity index (χ0) is 16.9. The highest BCUT2D eigenvalue weighted by molar-refractivity contribution is 5.61. The maximum absolute atomic E-state index is 12.4. The average Bonchev–Trinajstić information content (AvgIpc) is 2.97. The molecule has 0 heterocycles. The van der Waals surface area contributed by atoms with Gasteiger partial charge in [-0.05, 0) is 86.9 Å². The molecule has 4 rings (SSSR count). The maximum Gasteiger partial charge on any atom is 0.126 e. The highest BCUT2D eigenvalue weighted by atomic mass is 16.5. The van der Waals surface area contributed by atoms with E-state index in [0.29, 0.717) is 29.5 Å². The summed E-state index contributed by atoms with van der Waals surface area (Å²) in [6, 6.07) is 0. The number of hydrogen-bond acceptors (Lipinski definition) is 3. The minimum Gasteiger partial charge on any atom is -0.381 e. The van der Waals surface area contributed by atoms with Crippen LogP contribution in [0, 0.1) is 34.5 Å². The second-order valence-electron chi connectivity index (χ2n) is 9.36. The second-order valence-corrected chi connectivity index (χ2v) is 9.36. The van der Waals surface area contributed by atoms with Gasteiger partial charge in [-0.3, -0.25) is 0 Å². The Bertz CT molecular complexity index is 491. The summed E-state index contributed by atoms with van der Waals surface area (Å²) in [5.74, 6) is 2.67. The van der Waals surface area contributed by atoms with E-state index in [1.54, 1.807) is 0 Å². The molecule has 0 saturated heterocycles. The minimum atomic E-state index is -0.0512. The van der Waals surface area contributed by atoms with Crippen LogP contribution in [-0.2, 0) is 14.3 Å². The van der Waals surface area contributed by atoms with Gasteiger partial charge in [0.2, 0.25) is 0 Å². The average molecular weight is 335 g/mol. The van der Waals surface area contributed by atoms with E-state index in [2.05, 4.69) is 6.92 Å². The lowest BCUT2D eigenvalue weighted by Crippen LogP contribution is -2.56. The molecule has 0 aromatic heterocycles. The van der Waals surface area contributed by atoms with Crippen LogP contribution in [0.25, 0.3) is 0 Å². The molecule has 0 spiro atoms. The normalized spacial score (nSPS) is 53.8. The van der Waals surface area contributed by atoms with E-state index in [9.17, 15) is 4.79 Å². The van der Waals surface area contributed by atoms with Gasteiger partial charge in [-0.1, -0.05) is 6.92 Å². The maximum atomic E-state index is 12.4. The largest absolute Gasteiger partial charge is 0.381 e. The topological polar surface area (TPSA) is 35.5 Å². The number of carbonyl (C=O) groups excluding carboxylic acids is 1. The Hall–Kier alpha value is -0.410. The van der Waals surface area contributed by atoms with Crippen LogP contribution in [0.3, 0.4) is 0 Å². The van der Waals surface area contributed by atoms with Gasteiger partial charge in [0.15, 0.2) is 0 Å². The summed E-state index contributed by atoms with van der Waals surface area (Å²) in [4.78, 5) is 12.4. The summed E-state index contributed by atoms with van der Waals surface area (Å²) in [6.07, 6.45) is 12.9. The Balaban J connectivity index is 1.62. The summed E-state index contributed by atoms with van der Waals surface area (Å²) in [7, 11) is 3.72. The molecule has 0 bridgehead atoms. The van der Waals surface area contributed by atoms with Gasteiger partial charge in [-0.2, -0.15) is 0 Å². The van der Waals surface area contributed by atoms with Crippen LogP contribution in [0.15, 0.2) is 0 Å². The van der Waals surface area contributed by atoms with Crippen LogP contribution in [0.2, 0.25) is 0 Å². The lowest BCUT2D eigenvalue weighted by molar-refractivity contribution is -0.158. The molecular weight excluding hydrogens is 300 g/mol. The number of fused-ring (bicyclic) bond motifs is 5. The van der Waals surface area contributed by atoms with Crippen molar-refractivity contribution in [3.05, 3.63) is 0 Å². The molecule has 0 radical (unpaired) electrons. The van der Waals surface area contributed by atoms with Gasteiger partial charge in [-0.25, -0.2) is 0 Å². The molecule has 0 N–H and O–H groups in total. The number of hydrogen-bond donors (Lipinski definition) is 0. The Morgan fingerprint density at radius 3 is 2.46 bits per heavy atom. The van der Waals surface area contributed by atoms with Crippen LogP contribution < -0.4 is 0 Å². The third-order valence-corrected chi connectivity index (χ3v) is 8.93. The smallest absolute Gasteiger partial charge is 0.126 e. The molecule has 8 atom stereocenters. The van der Waals surface area contributed by atoms with Crippen molar-refractivity contribution in [2.45, 2.75) is 76.9 Å². The predicted octanol–water partition coefficient (Wildman–Crippen LogP) is 4.24. The van der Waals surface area contributed by atoms with Crippen molar-refractivity contribution in [3.8, 4) is 0 Å². The van der Waals surface area contributed by atoms with Gasteiger partial charge in [0.05, 0.1) is 12.2 Å². The van der Waals surface area contributed by atoms with Gasteiger partial charge in [0, 0.05) is 19.6 Å². The molecule has 24 heavy (non-hydrogen) atoms. The van der Waals surface area contributed by atoms with E-state index < -0.39 is 0 Å². The minimum absolute atomic E-state index is 0.0512. The predicted molar refractivity (Wildman–Crippen MR) is 93.7 cm³/mol. The van der Waals surface area contributed by atoms with Crippen LogP contribution in [0.5, 0.6) is 0 Å². The first-order valence-electron chi connectivity index (χ1n) is 10.1. The summed E-state index contributed by atoms with van der Waals surface area (Å²) >= 11 is 0. The second kappa shape index (κ2) is 6.09. The lowest BCUT2D eigenvalue weighted by Gasteiger charge is -2.60. The molecule has 136 valence electrons. The molecule has 0 aliphatic heterocycles. The number of ether oxygens (including phenoxy) is 2. The molecule has 4 fully saturated rings. The fraction of sp³-hybridized carbons (Fsp3) is 0.952. The van der Waals surface area contributed by atoms with Crippen molar-refractivity contribution in [1.29, 1.82) is 0 Å². The number of methoxy groups -OCH3 is 2. The van der Waals surface area contributed by atoms with Crippen molar-refractivity contribution in [3.63, 3.8) is 0 Å². The fourth-order valence-corrected chi connectivity index (χ4v) is 7.69. The molecule has 4 saturated carbocycles. The molecule has 0 aromatic rings. The third kappa shape index (κ3) is 2.19. The van der Waals surface area contributed by atoms with E-state index in [1.165, 1.54) is 44.8 Å².